The topological polar surface area (TPSA) is 68.1 Å². The minimum atomic E-state index is -3.46. The summed E-state index contributed by atoms with van der Waals surface area (Å²) in [6, 6.07) is 6.94. The highest BCUT2D eigenvalue weighted by atomic mass is 35.5. The van der Waals surface area contributed by atoms with Crippen molar-refractivity contribution < 1.29 is 8.42 Å². The van der Waals surface area contributed by atoms with E-state index in [4.69, 9.17) is 11.6 Å². The van der Waals surface area contributed by atoms with E-state index in [1.807, 2.05) is 6.33 Å². The van der Waals surface area contributed by atoms with Crippen LogP contribution in [0, 0.1) is 5.92 Å². The van der Waals surface area contributed by atoms with Crippen LogP contribution in [0.2, 0.25) is 5.02 Å². The quantitative estimate of drug-likeness (QED) is 0.799. The lowest BCUT2D eigenvalue weighted by Crippen LogP contribution is -2.50. The van der Waals surface area contributed by atoms with Gasteiger partial charge >= 0.3 is 0 Å². The van der Waals surface area contributed by atoms with Gasteiger partial charge in [0, 0.05) is 30.6 Å². The fraction of sp³-hybridized carbons (Fsp3) is 0.529. The average molecular weight is 381 g/mol. The standard InChI is InChI=1S/C17H21ClN4O2S/c18-14-4-3-7-16(9-14)25(23,24)21-10-13(11-21)8-17-20-19-12-22(17)15-5-1-2-6-15/h3-4,7,9,12-13,15H,1-2,5-6,8,10-11H2. The van der Waals surface area contributed by atoms with Crippen LogP contribution in [0.3, 0.4) is 0 Å². The zero-order chi connectivity index (χ0) is 17.4. The van der Waals surface area contributed by atoms with Crippen molar-refractivity contribution in [2.45, 2.75) is 43.0 Å². The van der Waals surface area contributed by atoms with Crippen molar-refractivity contribution >= 4 is 21.6 Å². The van der Waals surface area contributed by atoms with Gasteiger partial charge in [-0.05, 0) is 37.0 Å². The molecule has 2 aliphatic rings. The fourth-order valence-electron chi connectivity index (χ4n) is 3.78. The first kappa shape index (κ1) is 17.0. The number of halogens is 1. The molecule has 25 heavy (non-hydrogen) atoms. The molecule has 1 saturated heterocycles. The number of hydrogen-bond acceptors (Lipinski definition) is 4. The van der Waals surface area contributed by atoms with Crippen LogP contribution >= 0.6 is 11.6 Å². The maximum Gasteiger partial charge on any atom is 0.243 e. The monoisotopic (exact) mass is 380 g/mol. The molecule has 0 atom stereocenters. The van der Waals surface area contributed by atoms with Crippen LogP contribution in [-0.4, -0.2) is 40.6 Å². The predicted molar refractivity (Wildman–Crippen MR) is 94.9 cm³/mol. The van der Waals surface area contributed by atoms with E-state index in [2.05, 4.69) is 14.8 Å². The highest BCUT2D eigenvalue weighted by Crippen LogP contribution is 2.32. The minimum absolute atomic E-state index is 0.257. The summed E-state index contributed by atoms with van der Waals surface area (Å²) in [5.41, 5.74) is 0. The molecular weight excluding hydrogens is 360 g/mol. The number of nitrogens with zero attached hydrogens (tertiary/aromatic N) is 4. The smallest absolute Gasteiger partial charge is 0.243 e. The molecule has 0 bridgehead atoms. The van der Waals surface area contributed by atoms with Crippen LogP contribution in [0.25, 0.3) is 0 Å². The Kier molecular flexibility index (Phi) is 4.56. The number of hydrogen-bond donors (Lipinski definition) is 0. The molecule has 1 saturated carbocycles. The lowest BCUT2D eigenvalue weighted by Gasteiger charge is -2.38. The lowest BCUT2D eigenvalue weighted by atomic mass is 9.99. The van der Waals surface area contributed by atoms with Crippen molar-refractivity contribution in [3.05, 3.63) is 41.4 Å². The van der Waals surface area contributed by atoms with Gasteiger partial charge in [0.25, 0.3) is 0 Å². The highest BCUT2D eigenvalue weighted by Gasteiger charge is 2.37. The van der Waals surface area contributed by atoms with E-state index in [1.165, 1.54) is 36.1 Å². The van der Waals surface area contributed by atoms with Crippen molar-refractivity contribution in [1.82, 2.24) is 19.1 Å². The van der Waals surface area contributed by atoms with Crippen molar-refractivity contribution in [3.63, 3.8) is 0 Å². The third-order valence-corrected chi connectivity index (χ3v) is 7.26. The van der Waals surface area contributed by atoms with Crippen LogP contribution in [0.15, 0.2) is 35.5 Å². The van der Waals surface area contributed by atoms with Crippen molar-refractivity contribution in [3.8, 4) is 0 Å². The molecule has 134 valence electrons. The Labute approximate surface area is 152 Å². The van der Waals surface area contributed by atoms with Gasteiger partial charge in [-0.3, -0.25) is 0 Å². The Morgan fingerprint density at radius 2 is 1.96 bits per heavy atom. The molecule has 4 rings (SSSR count). The van der Waals surface area contributed by atoms with Crippen LogP contribution < -0.4 is 0 Å². The summed E-state index contributed by atoms with van der Waals surface area (Å²) in [5.74, 6) is 1.27. The molecule has 6 nitrogen and oxygen atoms in total. The first-order valence-corrected chi connectivity index (χ1v) is 10.5. The molecule has 1 aromatic carbocycles. The van der Waals surface area contributed by atoms with Crippen molar-refractivity contribution in [1.29, 1.82) is 0 Å². The van der Waals surface area contributed by atoms with Crippen LogP contribution in [0.1, 0.15) is 37.5 Å². The molecular formula is C17H21ClN4O2S. The number of benzene rings is 1. The van der Waals surface area contributed by atoms with Crippen LogP contribution in [0.4, 0.5) is 0 Å². The molecule has 2 heterocycles. The maximum absolute atomic E-state index is 12.6. The van der Waals surface area contributed by atoms with Gasteiger partial charge in [-0.1, -0.05) is 30.5 Å². The lowest BCUT2D eigenvalue weighted by molar-refractivity contribution is 0.195. The van der Waals surface area contributed by atoms with Crippen molar-refractivity contribution in [2.24, 2.45) is 5.92 Å². The summed E-state index contributed by atoms with van der Waals surface area (Å²) in [7, 11) is -3.46. The summed E-state index contributed by atoms with van der Waals surface area (Å²) in [5, 5.41) is 8.77. The fourth-order valence-corrected chi connectivity index (χ4v) is 5.68. The van der Waals surface area contributed by atoms with E-state index < -0.39 is 10.0 Å². The second kappa shape index (κ2) is 6.70. The van der Waals surface area contributed by atoms with Gasteiger partial charge < -0.3 is 4.57 Å². The SMILES string of the molecule is O=S(=O)(c1cccc(Cl)c1)N1CC(Cc2nncn2C2CCCC2)C1. The predicted octanol–water partition coefficient (Wildman–Crippen LogP) is 2.91. The van der Waals surface area contributed by atoms with Gasteiger partial charge in [0.05, 0.1) is 4.90 Å². The summed E-state index contributed by atoms with van der Waals surface area (Å²) in [4.78, 5) is 0.257. The minimum Gasteiger partial charge on any atom is -0.314 e. The zero-order valence-corrected chi connectivity index (χ0v) is 15.5. The summed E-state index contributed by atoms with van der Waals surface area (Å²) >= 11 is 5.92. The first-order chi connectivity index (χ1) is 12.0. The molecule has 0 amide bonds. The summed E-state index contributed by atoms with van der Waals surface area (Å²) < 4.78 is 29.0. The normalized spacial score (nSPS) is 20.0. The van der Waals surface area contributed by atoms with Gasteiger partial charge in [-0.25, -0.2) is 8.42 Å². The third-order valence-electron chi connectivity index (χ3n) is 5.19. The Morgan fingerprint density at radius 3 is 2.68 bits per heavy atom. The number of rotatable bonds is 5. The molecule has 0 spiro atoms. The summed E-state index contributed by atoms with van der Waals surface area (Å²) in [6.45, 7) is 1.04. The average Bonchev–Trinajstić information content (AvgIpc) is 3.21. The maximum atomic E-state index is 12.6. The Morgan fingerprint density at radius 1 is 1.20 bits per heavy atom. The first-order valence-electron chi connectivity index (χ1n) is 8.68. The Hall–Kier alpha value is -1.44. The molecule has 1 aliphatic heterocycles. The molecule has 2 aromatic rings. The molecule has 8 heteroatoms. The van der Waals surface area contributed by atoms with Crippen LogP contribution in [0.5, 0.6) is 0 Å². The van der Waals surface area contributed by atoms with E-state index in [0.717, 1.165) is 12.2 Å². The van der Waals surface area contributed by atoms with Gasteiger partial charge in [-0.2, -0.15) is 4.31 Å². The van der Waals surface area contributed by atoms with E-state index >= 15 is 0 Å². The van der Waals surface area contributed by atoms with E-state index in [-0.39, 0.29) is 4.90 Å². The van der Waals surface area contributed by atoms with Gasteiger partial charge in [0.1, 0.15) is 12.2 Å². The van der Waals surface area contributed by atoms with Gasteiger partial charge in [0.15, 0.2) is 0 Å². The number of aromatic nitrogens is 3. The third kappa shape index (κ3) is 3.32. The molecule has 2 fully saturated rings. The van der Waals surface area contributed by atoms with Crippen molar-refractivity contribution in [2.75, 3.05) is 13.1 Å². The Bertz CT molecular complexity index is 855. The summed E-state index contributed by atoms with van der Waals surface area (Å²) in [6.07, 6.45) is 7.49. The van der Waals surface area contributed by atoms with Gasteiger partial charge in [0.2, 0.25) is 10.0 Å². The molecule has 0 N–H and O–H groups in total. The van der Waals surface area contributed by atoms with E-state index in [0.29, 0.717) is 30.1 Å². The molecule has 1 aromatic heterocycles. The highest BCUT2D eigenvalue weighted by molar-refractivity contribution is 7.89. The number of sulfonamides is 1. The van der Waals surface area contributed by atoms with E-state index in [9.17, 15) is 8.42 Å². The van der Waals surface area contributed by atoms with Crippen LogP contribution in [-0.2, 0) is 16.4 Å². The zero-order valence-electron chi connectivity index (χ0n) is 13.9. The van der Waals surface area contributed by atoms with E-state index in [1.54, 1.807) is 18.2 Å². The molecule has 0 unspecified atom stereocenters. The molecule has 0 radical (unpaired) electrons. The second-order valence-corrected chi connectivity index (χ2v) is 9.32. The Balaban J connectivity index is 1.40. The second-order valence-electron chi connectivity index (χ2n) is 6.94. The van der Waals surface area contributed by atoms with Gasteiger partial charge in [-0.15, -0.1) is 10.2 Å². The largest absolute Gasteiger partial charge is 0.314 e. The molecule has 1 aliphatic carbocycles.